The van der Waals surface area contributed by atoms with Crippen molar-refractivity contribution in [1.82, 2.24) is 15.1 Å². The molecule has 2 aliphatic rings. The van der Waals surface area contributed by atoms with Crippen LogP contribution in [0.1, 0.15) is 37.1 Å². The van der Waals surface area contributed by atoms with Crippen molar-refractivity contribution in [2.24, 2.45) is 7.05 Å². The molecule has 0 radical (unpaired) electrons. The van der Waals surface area contributed by atoms with E-state index in [9.17, 15) is 0 Å². The molecular formula is C13H21N3O2. The van der Waals surface area contributed by atoms with Crippen molar-refractivity contribution in [2.75, 3.05) is 26.4 Å². The molecule has 0 bridgehead atoms. The van der Waals surface area contributed by atoms with Crippen LogP contribution >= 0.6 is 0 Å². The summed E-state index contributed by atoms with van der Waals surface area (Å²) in [5.41, 5.74) is 2.24. The van der Waals surface area contributed by atoms with Gasteiger partial charge in [-0.05, 0) is 5.92 Å². The molecule has 0 aromatic carbocycles. The number of rotatable bonds is 2. The minimum absolute atomic E-state index is 0.176. The van der Waals surface area contributed by atoms with Gasteiger partial charge in [-0.3, -0.25) is 4.68 Å². The Morgan fingerprint density at radius 3 is 2.89 bits per heavy atom. The Hall–Kier alpha value is -0.910. The summed E-state index contributed by atoms with van der Waals surface area (Å²) in [5, 5.41) is 8.17. The largest absolute Gasteiger partial charge is 0.375 e. The molecule has 1 aromatic heterocycles. The van der Waals surface area contributed by atoms with E-state index < -0.39 is 0 Å². The maximum absolute atomic E-state index is 5.99. The minimum atomic E-state index is -0.176. The SMILES string of the molecule is CC(C)c1nn(C)cc1C1NCCOC12COC2. The average Bonchev–Trinajstić information content (AvgIpc) is 2.69. The van der Waals surface area contributed by atoms with Gasteiger partial charge >= 0.3 is 0 Å². The molecule has 1 N–H and O–H groups in total. The smallest absolute Gasteiger partial charge is 0.134 e. The van der Waals surface area contributed by atoms with Gasteiger partial charge in [-0.2, -0.15) is 5.10 Å². The molecule has 5 nitrogen and oxygen atoms in total. The molecule has 1 aromatic rings. The van der Waals surface area contributed by atoms with Gasteiger partial charge in [-0.15, -0.1) is 0 Å². The van der Waals surface area contributed by atoms with Crippen LogP contribution in [0.25, 0.3) is 0 Å². The van der Waals surface area contributed by atoms with E-state index in [0.29, 0.717) is 19.1 Å². The van der Waals surface area contributed by atoms with Crippen molar-refractivity contribution < 1.29 is 9.47 Å². The van der Waals surface area contributed by atoms with E-state index >= 15 is 0 Å². The van der Waals surface area contributed by atoms with E-state index in [2.05, 4.69) is 30.5 Å². The van der Waals surface area contributed by atoms with Gasteiger partial charge in [-0.25, -0.2) is 0 Å². The Labute approximate surface area is 107 Å². The first kappa shape index (κ1) is 12.1. The molecule has 2 aliphatic heterocycles. The van der Waals surface area contributed by atoms with Crippen LogP contribution in [0.4, 0.5) is 0 Å². The van der Waals surface area contributed by atoms with Gasteiger partial charge in [0.25, 0.3) is 0 Å². The maximum atomic E-state index is 5.99. The lowest BCUT2D eigenvalue weighted by atomic mass is 9.84. The van der Waals surface area contributed by atoms with Gasteiger partial charge in [0.05, 0.1) is 31.6 Å². The van der Waals surface area contributed by atoms with Crippen molar-refractivity contribution >= 4 is 0 Å². The summed E-state index contributed by atoms with van der Waals surface area (Å²) in [4.78, 5) is 0. The topological polar surface area (TPSA) is 48.3 Å². The fourth-order valence-electron chi connectivity index (χ4n) is 2.87. The number of morpholine rings is 1. The van der Waals surface area contributed by atoms with E-state index in [1.807, 2.05) is 11.7 Å². The van der Waals surface area contributed by atoms with Crippen LogP contribution in [-0.2, 0) is 16.5 Å². The molecule has 1 atom stereocenters. The van der Waals surface area contributed by atoms with Gasteiger partial charge in [0.1, 0.15) is 5.60 Å². The fourth-order valence-corrected chi connectivity index (χ4v) is 2.87. The number of nitrogens with one attached hydrogen (secondary N) is 1. The van der Waals surface area contributed by atoms with Crippen LogP contribution in [0.3, 0.4) is 0 Å². The number of hydrogen-bond acceptors (Lipinski definition) is 4. The zero-order valence-corrected chi connectivity index (χ0v) is 11.3. The van der Waals surface area contributed by atoms with Crippen LogP contribution < -0.4 is 5.32 Å². The van der Waals surface area contributed by atoms with Crippen LogP contribution in [0.15, 0.2) is 6.20 Å². The molecule has 5 heteroatoms. The third-order valence-corrected chi connectivity index (χ3v) is 3.80. The Balaban J connectivity index is 1.97. The molecule has 1 unspecified atom stereocenters. The number of nitrogens with zero attached hydrogens (tertiary/aromatic N) is 2. The molecule has 0 amide bonds. The van der Waals surface area contributed by atoms with Gasteiger partial charge in [0, 0.05) is 25.4 Å². The van der Waals surface area contributed by atoms with E-state index in [4.69, 9.17) is 9.47 Å². The normalized spacial score (nSPS) is 26.6. The molecule has 1 spiro atoms. The number of ether oxygens (including phenoxy) is 2. The number of aromatic nitrogens is 2. The summed E-state index contributed by atoms with van der Waals surface area (Å²) in [6, 6.07) is 0.200. The predicted octanol–water partition coefficient (Wildman–Crippen LogP) is 0.973. The van der Waals surface area contributed by atoms with E-state index in [0.717, 1.165) is 18.8 Å². The summed E-state index contributed by atoms with van der Waals surface area (Å²) >= 11 is 0. The summed E-state index contributed by atoms with van der Waals surface area (Å²) in [5.74, 6) is 0.419. The van der Waals surface area contributed by atoms with Crippen molar-refractivity contribution in [3.05, 3.63) is 17.5 Å². The van der Waals surface area contributed by atoms with Gasteiger partial charge in [-0.1, -0.05) is 13.8 Å². The predicted molar refractivity (Wildman–Crippen MR) is 67.5 cm³/mol. The first-order chi connectivity index (χ1) is 8.62. The van der Waals surface area contributed by atoms with Crippen LogP contribution in [-0.4, -0.2) is 41.7 Å². The highest BCUT2D eigenvalue weighted by molar-refractivity contribution is 5.29. The first-order valence-corrected chi connectivity index (χ1v) is 6.61. The molecular weight excluding hydrogens is 230 g/mol. The van der Waals surface area contributed by atoms with E-state index in [-0.39, 0.29) is 11.6 Å². The lowest BCUT2D eigenvalue weighted by molar-refractivity contribution is -0.239. The Kier molecular flexibility index (Phi) is 2.92. The molecule has 18 heavy (non-hydrogen) atoms. The molecule has 3 heterocycles. The molecule has 100 valence electrons. The zero-order chi connectivity index (χ0) is 12.8. The fraction of sp³-hybridized carbons (Fsp3) is 0.769. The Morgan fingerprint density at radius 1 is 1.50 bits per heavy atom. The van der Waals surface area contributed by atoms with Gasteiger partial charge in [0.15, 0.2) is 0 Å². The highest BCUT2D eigenvalue weighted by Crippen LogP contribution is 2.39. The lowest BCUT2D eigenvalue weighted by Crippen LogP contribution is -2.63. The molecule has 3 rings (SSSR count). The van der Waals surface area contributed by atoms with Crippen LogP contribution in [0.5, 0.6) is 0 Å². The average molecular weight is 251 g/mol. The summed E-state index contributed by atoms with van der Waals surface area (Å²) in [6.45, 7) is 7.36. The Bertz CT molecular complexity index is 437. The van der Waals surface area contributed by atoms with Crippen molar-refractivity contribution in [3.63, 3.8) is 0 Å². The second-order valence-corrected chi connectivity index (χ2v) is 5.59. The van der Waals surface area contributed by atoms with Crippen LogP contribution in [0.2, 0.25) is 0 Å². The summed E-state index contributed by atoms with van der Waals surface area (Å²) < 4.78 is 13.3. The molecule has 0 saturated carbocycles. The molecule has 0 aliphatic carbocycles. The second kappa shape index (κ2) is 4.33. The van der Waals surface area contributed by atoms with Gasteiger partial charge < -0.3 is 14.8 Å². The van der Waals surface area contributed by atoms with Gasteiger partial charge in [0.2, 0.25) is 0 Å². The third kappa shape index (κ3) is 1.77. The molecule has 2 fully saturated rings. The first-order valence-electron chi connectivity index (χ1n) is 6.61. The number of hydrogen-bond donors (Lipinski definition) is 1. The third-order valence-electron chi connectivity index (χ3n) is 3.80. The van der Waals surface area contributed by atoms with Crippen LogP contribution in [0, 0.1) is 0 Å². The monoisotopic (exact) mass is 251 g/mol. The van der Waals surface area contributed by atoms with Crippen molar-refractivity contribution in [2.45, 2.75) is 31.4 Å². The lowest BCUT2D eigenvalue weighted by Gasteiger charge is -2.49. The van der Waals surface area contributed by atoms with Crippen molar-refractivity contribution in [1.29, 1.82) is 0 Å². The Morgan fingerprint density at radius 2 is 2.28 bits per heavy atom. The summed E-state index contributed by atoms with van der Waals surface area (Å²) in [7, 11) is 1.98. The van der Waals surface area contributed by atoms with E-state index in [1.165, 1.54) is 5.56 Å². The molecule has 2 saturated heterocycles. The van der Waals surface area contributed by atoms with Crippen molar-refractivity contribution in [3.8, 4) is 0 Å². The highest BCUT2D eigenvalue weighted by atomic mass is 16.6. The quantitative estimate of drug-likeness (QED) is 0.851. The minimum Gasteiger partial charge on any atom is -0.375 e. The highest BCUT2D eigenvalue weighted by Gasteiger charge is 2.50. The number of aryl methyl sites for hydroxylation is 1. The second-order valence-electron chi connectivity index (χ2n) is 5.59. The zero-order valence-electron chi connectivity index (χ0n) is 11.3. The summed E-state index contributed by atoms with van der Waals surface area (Å²) in [6.07, 6.45) is 2.11. The maximum Gasteiger partial charge on any atom is 0.134 e. The van der Waals surface area contributed by atoms with E-state index in [1.54, 1.807) is 0 Å². The standard InChI is InChI=1S/C13H21N3O2/c1-9(2)11-10(6-16(3)15-11)12-13(7-17-8-13)18-5-4-14-12/h6,9,12,14H,4-5,7-8H2,1-3H3.